The minimum absolute atomic E-state index is 0.0426. The van der Waals surface area contributed by atoms with Gasteiger partial charge in [0, 0.05) is 12.2 Å². The largest absolute Gasteiger partial charge is 0.416 e. The van der Waals surface area contributed by atoms with Crippen molar-refractivity contribution in [2.24, 2.45) is 0 Å². The van der Waals surface area contributed by atoms with E-state index in [0.717, 1.165) is 18.2 Å². The number of hydrogen-bond acceptors (Lipinski definition) is 4. The van der Waals surface area contributed by atoms with Crippen LogP contribution < -0.4 is 10.9 Å². The highest BCUT2D eigenvalue weighted by Crippen LogP contribution is 2.35. The number of anilines is 1. The Kier molecular flexibility index (Phi) is 4.38. The summed E-state index contributed by atoms with van der Waals surface area (Å²) in [7, 11) is 0. The summed E-state index contributed by atoms with van der Waals surface area (Å²) in [5.41, 5.74) is -2.57. The van der Waals surface area contributed by atoms with E-state index in [1.165, 1.54) is 28.8 Å². The zero-order chi connectivity index (χ0) is 21.0. The van der Waals surface area contributed by atoms with Crippen LogP contribution in [-0.2, 0) is 6.18 Å². The van der Waals surface area contributed by atoms with Crippen LogP contribution in [0.5, 0.6) is 0 Å². The van der Waals surface area contributed by atoms with Crippen LogP contribution in [0.3, 0.4) is 0 Å². The highest BCUT2D eigenvalue weighted by Gasteiger charge is 2.39. The predicted octanol–water partition coefficient (Wildman–Crippen LogP) is 3.84. The normalized spacial score (nSPS) is 21.8. The summed E-state index contributed by atoms with van der Waals surface area (Å²) in [4.78, 5) is 16.7. The number of halogens is 4. The van der Waals surface area contributed by atoms with Gasteiger partial charge >= 0.3 is 6.18 Å². The van der Waals surface area contributed by atoms with Gasteiger partial charge in [-0.2, -0.15) is 18.2 Å². The number of benzene rings is 1. The molecule has 152 valence electrons. The lowest BCUT2D eigenvalue weighted by molar-refractivity contribution is -0.137. The third-order valence-electron chi connectivity index (χ3n) is 5.01. The van der Waals surface area contributed by atoms with Crippen LogP contribution in [0.15, 0.2) is 47.4 Å². The van der Waals surface area contributed by atoms with Crippen molar-refractivity contribution >= 4 is 11.5 Å². The smallest absolute Gasteiger partial charge is 0.390 e. The van der Waals surface area contributed by atoms with Gasteiger partial charge < -0.3 is 10.4 Å². The molecule has 0 aliphatic heterocycles. The van der Waals surface area contributed by atoms with E-state index in [1.54, 1.807) is 6.92 Å². The highest BCUT2D eigenvalue weighted by molar-refractivity contribution is 5.81. The summed E-state index contributed by atoms with van der Waals surface area (Å²) in [5, 5.41) is 12.9. The molecule has 0 unspecified atom stereocenters. The number of aromatic nitrogens is 2. The molecule has 9 heteroatoms. The first-order valence-corrected chi connectivity index (χ1v) is 8.92. The Morgan fingerprint density at radius 2 is 1.97 bits per heavy atom. The Morgan fingerprint density at radius 3 is 2.59 bits per heavy atom. The van der Waals surface area contributed by atoms with E-state index in [9.17, 15) is 27.5 Å². The fraction of sp³-hybridized carbons (Fsp3) is 0.300. The van der Waals surface area contributed by atoms with Gasteiger partial charge in [0.25, 0.3) is 5.56 Å². The number of hydrogen-bond donors (Lipinski definition) is 2. The fourth-order valence-corrected chi connectivity index (χ4v) is 3.67. The van der Waals surface area contributed by atoms with E-state index in [-0.39, 0.29) is 28.6 Å². The van der Waals surface area contributed by atoms with Gasteiger partial charge in [-0.3, -0.25) is 9.20 Å². The predicted molar refractivity (Wildman–Crippen MR) is 99.1 cm³/mol. The summed E-state index contributed by atoms with van der Waals surface area (Å²) >= 11 is 0. The molecular formula is C20H17F4N3O2. The van der Waals surface area contributed by atoms with E-state index in [1.807, 2.05) is 0 Å². The number of pyridine rings is 1. The van der Waals surface area contributed by atoms with Crippen LogP contribution in [0.1, 0.15) is 25.3 Å². The molecule has 0 saturated heterocycles. The topological polar surface area (TPSA) is 66.6 Å². The third kappa shape index (κ3) is 3.69. The maximum Gasteiger partial charge on any atom is 0.416 e. The Balaban J connectivity index is 1.91. The van der Waals surface area contributed by atoms with Crippen LogP contribution in [0, 0.1) is 5.82 Å². The van der Waals surface area contributed by atoms with Gasteiger partial charge in [0.1, 0.15) is 5.82 Å². The molecule has 29 heavy (non-hydrogen) atoms. The molecule has 1 aliphatic rings. The summed E-state index contributed by atoms with van der Waals surface area (Å²) in [6.07, 6.45) is -2.61. The first-order valence-electron chi connectivity index (χ1n) is 8.92. The molecule has 3 aromatic rings. The van der Waals surface area contributed by atoms with Crippen molar-refractivity contribution in [3.05, 3.63) is 64.3 Å². The van der Waals surface area contributed by atoms with Crippen LogP contribution in [-0.4, -0.2) is 26.1 Å². The Hall–Kier alpha value is -2.94. The first-order chi connectivity index (χ1) is 13.5. The monoisotopic (exact) mass is 407 g/mol. The van der Waals surface area contributed by atoms with Crippen LogP contribution >= 0.6 is 0 Å². The molecule has 4 rings (SSSR count). The zero-order valence-electron chi connectivity index (χ0n) is 15.3. The van der Waals surface area contributed by atoms with Gasteiger partial charge in [-0.25, -0.2) is 4.39 Å². The van der Waals surface area contributed by atoms with E-state index >= 15 is 0 Å². The lowest BCUT2D eigenvalue weighted by Gasteiger charge is -2.41. The van der Waals surface area contributed by atoms with E-state index in [0.29, 0.717) is 12.8 Å². The molecule has 2 heterocycles. The molecule has 5 nitrogen and oxygen atoms in total. The average molecular weight is 407 g/mol. The van der Waals surface area contributed by atoms with Crippen molar-refractivity contribution in [1.82, 2.24) is 9.38 Å². The van der Waals surface area contributed by atoms with E-state index < -0.39 is 28.7 Å². The molecule has 2 N–H and O–H groups in total. The fourth-order valence-electron chi connectivity index (χ4n) is 3.67. The molecule has 1 aliphatic carbocycles. The van der Waals surface area contributed by atoms with Crippen molar-refractivity contribution in [3.8, 4) is 11.1 Å². The molecule has 1 saturated carbocycles. The van der Waals surface area contributed by atoms with Crippen LogP contribution in [0.25, 0.3) is 16.6 Å². The summed E-state index contributed by atoms with van der Waals surface area (Å²) in [6, 6.07) is 6.64. The van der Waals surface area contributed by atoms with Gasteiger partial charge in [0.05, 0.1) is 22.2 Å². The van der Waals surface area contributed by atoms with Gasteiger partial charge in [0.15, 0.2) is 0 Å². The van der Waals surface area contributed by atoms with Crippen molar-refractivity contribution in [2.45, 2.75) is 37.6 Å². The number of rotatable bonds is 3. The summed E-state index contributed by atoms with van der Waals surface area (Å²) in [5.74, 6) is -0.551. The maximum atomic E-state index is 13.7. The molecule has 0 atom stereocenters. The number of aliphatic hydroxyl groups is 1. The highest BCUT2D eigenvalue weighted by atomic mass is 19.4. The van der Waals surface area contributed by atoms with Gasteiger partial charge in [0.2, 0.25) is 5.95 Å². The van der Waals surface area contributed by atoms with Crippen molar-refractivity contribution < 1.29 is 22.7 Å². The lowest BCUT2D eigenvalue weighted by atomic mass is 9.77. The second-order valence-electron chi connectivity index (χ2n) is 7.54. The molecule has 0 bridgehead atoms. The standard InChI is InChI=1S/C20H17F4N3O2/c1-19(29)9-14(10-19)25-18-26-17(28)16(11-3-2-4-13(21)7-11)15-8-12(20(22,23)24)5-6-27(15)18/h2-8,14,29H,9-10H2,1H3,(H,25,26,28). The summed E-state index contributed by atoms with van der Waals surface area (Å²) in [6.45, 7) is 1.67. The van der Waals surface area contributed by atoms with Crippen molar-refractivity contribution in [1.29, 1.82) is 0 Å². The van der Waals surface area contributed by atoms with Crippen LogP contribution in [0.4, 0.5) is 23.5 Å². The Morgan fingerprint density at radius 1 is 1.24 bits per heavy atom. The number of alkyl halides is 3. The second kappa shape index (κ2) is 6.55. The molecule has 1 fully saturated rings. The SMILES string of the molecule is CC1(O)CC(Nc2nc(=O)c(-c3cccc(F)c3)c3cc(C(F)(F)F)ccn23)C1. The van der Waals surface area contributed by atoms with Crippen LogP contribution in [0.2, 0.25) is 0 Å². The Labute approximate surface area is 162 Å². The molecular weight excluding hydrogens is 390 g/mol. The number of fused-ring (bicyclic) bond motifs is 1. The van der Waals surface area contributed by atoms with Gasteiger partial charge in [-0.05, 0) is 49.6 Å². The maximum absolute atomic E-state index is 13.7. The average Bonchev–Trinajstić information content (AvgIpc) is 2.59. The minimum atomic E-state index is -4.61. The van der Waals surface area contributed by atoms with Gasteiger partial charge in [-0.15, -0.1) is 0 Å². The number of nitrogens with one attached hydrogen (secondary N) is 1. The summed E-state index contributed by atoms with van der Waals surface area (Å²) < 4.78 is 54.8. The van der Waals surface area contributed by atoms with Crippen molar-refractivity contribution in [2.75, 3.05) is 5.32 Å². The second-order valence-corrected chi connectivity index (χ2v) is 7.54. The quantitative estimate of drug-likeness (QED) is 0.648. The molecule has 1 aromatic carbocycles. The van der Waals surface area contributed by atoms with E-state index in [2.05, 4.69) is 10.3 Å². The number of nitrogens with zero attached hydrogens (tertiary/aromatic N) is 2. The minimum Gasteiger partial charge on any atom is -0.390 e. The molecule has 0 spiro atoms. The molecule has 2 aromatic heterocycles. The first kappa shape index (κ1) is 19.4. The molecule has 0 amide bonds. The van der Waals surface area contributed by atoms with E-state index in [4.69, 9.17) is 0 Å². The molecule has 0 radical (unpaired) electrons. The third-order valence-corrected chi connectivity index (χ3v) is 5.01. The van der Waals surface area contributed by atoms with Gasteiger partial charge in [-0.1, -0.05) is 12.1 Å². The Bertz CT molecular complexity index is 1150. The van der Waals surface area contributed by atoms with Crippen molar-refractivity contribution in [3.63, 3.8) is 0 Å². The zero-order valence-corrected chi connectivity index (χ0v) is 15.3. The lowest BCUT2D eigenvalue weighted by Crippen LogP contribution is -2.48.